The van der Waals surface area contributed by atoms with Crippen LogP contribution in [-0.4, -0.2) is 5.11 Å². The third-order valence-corrected chi connectivity index (χ3v) is 3.08. The minimum Gasteiger partial charge on any atom is -0.458 e. The summed E-state index contributed by atoms with van der Waals surface area (Å²) in [5, 5.41) is 11.3. The molecule has 1 atom stereocenters. The zero-order valence-electron chi connectivity index (χ0n) is 10.1. The molecule has 0 aliphatic rings. The lowest BCUT2D eigenvalue weighted by Crippen LogP contribution is -1.96. The molecular weight excluding hydrogens is 224 g/mol. The number of fused-ring (bicyclic) bond motifs is 1. The van der Waals surface area contributed by atoms with Gasteiger partial charge in [-0.25, -0.2) is 0 Å². The lowest BCUT2D eigenvalue weighted by atomic mass is 10.1. The van der Waals surface area contributed by atoms with Crippen LogP contribution in [0.3, 0.4) is 0 Å². The maximum absolute atomic E-state index is 10.3. The van der Waals surface area contributed by atoms with Gasteiger partial charge in [0, 0.05) is 5.39 Å². The summed E-state index contributed by atoms with van der Waals surface area (Å²) in [5.74, 6) is 0.585. The van der Waals surface area contributed by atoms with E-state index in [0.29, 0.717) is 5.76 Å². The molecule has 3 aromatic rings. The van der Waals surface area contributed by atoms with E-state index in [-0.39, 0.29) is 0 Å². The Bertz CT molecular complexity index is 668. The van der Waals surface area contributed by atoms with Crippen LogP contribution in [-0.2, 0) is 0 Å². The van der Waals surface area contributed by atoms with Gasteiger partial charge < -0.3 is 9.52 Å². The van der Waals surface area contributed by atoms with E-state index in [1.807, 2.05) is 55.5 Å². The molecule has 0 saturated heterocycles. The summed E-state index contributed by atoms with van der Waals surface area (Å²) in [5.41, 5.74) is 2.84. The fourth-order valence-corrected chi connectivity index (χ4v) is 2.12. The number of aliphatic hydroxyl groups is 1. The van der Waals surface area contributed by atoms with Crippen LogP contribution in [0.1, 0.15) is 23.0 Å². The summed E-state index contributed by atoms with van der Waals surface area (Å²) < 4.78 is 5.69. The Kier molecular flexibility index (Phi) is 2.65. The van der Waals surface area contributed by atoms with E-state index in [1.54, 1.807) is 0 Å². The monoisotopic (exact) mass is 238 g/mol. The first-order valence-corrected chi connectivity index (χ1v) is 5.97. The average molecular weight is 238 g/mol. The molecule has 0 fully saturated rings. The van der Waals surface area contributed by atoms with Crippen molar-refractivity contribution in [2.45, 2.75) is 13.0 Å². The van der Waals surface area contributed by atoms with E-state index in [4.69, 9.17) is 4.42 Å². The molecule has 2 heteroatoms. The summed E-state index contributed by atoms with van der Waals surface area (Å²) >= 11 is 0. The van der Waals surface area contributed by atoms with E-state index in [9.17, 15) is 5.11 Å². The highest BCUT2D eigenvalue weighted by Gasteiger charge is 2.15. The molecule has 1 heterocycles. The first-order chi connectivity index (χ1) is 8.74. The van der Waals surface area contributed by atoms with Gasteiger partial charge in [-0.15, -0.1) is 0 Å². The quantitative estimate of drug-likeness (QED) is 0.736. The van der Waals surface area contributed by atoms with Gasteiger partial charge in [0.2, 0.25) is 0 Å². The predicted octanol–water partition coefficient (Wildman–Crippen LogP) is 3.82. The van der Waals surface area contributed by atoms with Gasteiger partial charge in [0.25, 0.3) is 0 Å². The zero-order valence-corrected chi connectivity index (χ0v) is 10.1. The highest BCUT2D eigenvalue weighted by molar-refractivity contribution is 5.78. The summed E-state index contributed by atoms with van der Waals surface area (Å²) in [6.07, 6.45) is -0.709. The van der Waals surface area contributed by atoms with Gasteiger partial charge in [0.05, 0.1) is 0 Å². The summed E-state index contributed by atoms with van der Waals surface area (Å²) in [4.78, 5) is 0. The molecular formula is C16H14O2. The molecule has 90 valence electrons. The second kappa shape index (κ2) is 4.31. The average Bonchev–Trinajstić information content (AvgIpc) is 2.81. The van der Waals surface area contributed by atoms with E-state index in [2.05, 4.69) is 6.07 Å². The Morgan fingerprint density at radius 3 is 2.56 bits per heavy atom. The van der Waals surface area contributed by atoms with Crippen LogP contribution < -0.4 is 0 Å². The largest absolute Gasteiger partial charge is 0.458 e. The first-order valence-electron chi connectivity index (χ1n) is 5.97. The molecule has 0 aliphatic heterocycles. The highest BCUT2D eigenvalue weighted by atomic mass is 16.4. The van der Waals surface area contributed by atoms with Crippen molar-refractivity contribution in [1.29, 1.82) is 0 Å². The number of hydrogen-bond donors (Lipinski definition) is 1. The second-order valence-corrected chi connectivity index (χ2v) is 4.50. The van der Waals surface area contributed by atoms with Crippen molar-refractivity contribution in [3.05, 3.63) is 71.5 Å². The van der Waals surface area contributed by atoms with E-state index in [1.165, 1.54) is 5.56 Å². The smallest absolute Gasteiger partial charge is 0.138 e. The maximum atomic E-state index is 10.3. The van der Waals surface area contributed by atoms with Crippen molar-refractivity contribution in [3.63, 3.8) is 0 Å². The van der Waals surface area contributed by atoms with Gasteiger partial charge in [-0.2, -0.15) is 0 Å². The SMILES string of the molecule is Cc1ccc2oc(C(O)c3ccccc3)cc2c1. The van der Waals surface area contributed by atoms with Gasteiger partial charge in [-0.05, 0) is 30.7 Å². The van der Waals surface area contributed by atoms with Crippen molar-refractivity contribution in [1.82, 2.24) is 0 Å². The van der Waals surface area contributed by atoms with Gasteiger partial charge in [0.15, 0.2) is 0 Å². The number of furan rings is 1. The molecule has 0 amide bonds. The molecule has 2 nitrogen and oxygen atoms in total. The Morgan fingerprint density at radius 2 is 1.78 bits per heavy atom. The topological polar surface area (TPSA) is 33.4 Å². The third-order valence-electron chi connectivity index (χ3n) is 3.08. The third kappa shape index (κ3) is 1.91. The van der Waals surface area contributed by atoms with Crippen molar-refractivity contribution in [3.8, 4) is 0 Å². The fraction of sp³-hybridized carbons (Fsp3) is 0.125. The summed E-state index contributed by atoms with van der Waals surface area (Å²) in [6, 6.07) is 17.4. The van der Waals surface area contributed by atoms with E-state index >= 15 is 0 Å². The van der Waals surface area contributed by atoms with Gasteiger partial charge in [-0.3, -0.25) is 0 Å². The Morgan fingerprint density at radius 1 is 1.00 bits per heavy atom. The number of hydrogen-bond acceptors (Lipinski definition) is 2. The molecule has 0 saturated carbocycles. The molecule has 0 bridgehead atoms. The first kappa shape index (κ1) is 11.1. The molecule has 0 radical (unpaired) electrons. The minimum absolute atomic E-state index is 0.585. The maximum Gasteiger partial charge on any atom is 0.138 e. The van der Waals surface area contributed by atoms with Crippen LogP contribution in [0.4, 0.5) is 0 Å². The van der Waals surface area contributed by atoms with Crippen LogP contribution in [0.25, 0.3) is 11.0 Å². The molecule has 18 heavy (non-hydrogen) atoms. The zero-order chi connectivity index (χ0) is 12.5. The highest BCUT2D eigenvalue weighted by Crippen LogP contribution is 2.28. The molecule has 1 aromatic heterocycles. The van der Waals surface area contributed by atoms with Crippen molar-refractivity contribution >= 4 is 11.0 Å². The summed E-state index contributed by atoms with van der Waals surface area (Å²) in [7, 11) is 0. The normalized spacial score (nSPS) is 12.8. The summed E-state index contributed by atoms with van der Waals surface area (Å²) in [6.45, 7) is 2.04. The van der Waals surface area contributed by atoms with Crippen LogP contribution >= 0.6 is 0 Å². The van der Waals surface area contributed by atoms with Crippen LogP contribution in [0.15, 0.2) is 59.0 Å². The van der Waals surface area contributed by atoms with E-state index < -0.39 is 6.10 Å². The predicted molar refractivity (Wildman–Crippen MR) is 71.5 cm³/mol. The minimum atomic E-state index is -0.709. The second-order valence-electron chi connectivity index (χ2n) is 4.50. The van der Waals surface area contributed by atoms with Gasteiger partial charge in [0.1, 0.15) is 17.4 Å². The van der Waals surface area contributed by atoms with Crippen molar-refractivity contribution < 1.29 is 9.52 Å². The number of benzene rings is 2. The standard InChI is InChI=1S/C16H14O2/c1-11-7-8-14-13(9-11)10-15(18-14)16(17)12-5-3-2-4-6-12/h2-10,16-17H,1H3. The Labute approximate surface area is 105 Å². The van der Waals surface area contributed by atoms with Gasteiger partial charge >= 0.3 is 0 Å². The van der Waals surface area contributed by atoms with E-state index in [0.717, 1.165) is 16.5 Å². The molecule has 0 spiro atoms. The Balaban J connectivity index is 2.04. The molecule has 1 N–H and O–H groups in total. The fourth-order valence-electron chi connectivity index (χ4n) is 2.12. The van der Waals surface area contributed by atoms with Crippen molar-refractivity contribution in [2.75, 3.05) is 0 Å². The number of aryl methyl sites for hydroxylation is 1. The van der Waals surface area contributed by atoms with Crippen LogP contribution in [0, 0.1) is 6.92 Å². The molecule has 3 rings (SSSR count). The van der Waals surface area contributed by atoms with Gasteiger partial charge in [-0.1, -0.05) is 42.0 Å². The van der Waals surface area contributed by atoms with Crippen molar-refractivity contribution in [2.24, 2.45) is 0 Å². The lowest BCUT2D eigenvalue weighted by Gasteiger charge is -2.06. The number of aliphatic hydroxyl groups excluding tert-OH is 1. The van der Waals surface area contributed by atoms with Crippen LogP contribution in [0.5, 0.6) is 0 Å². The molecule has 2 aromatic carbocycles. The number of rotatable bonds is 2. The molecule has 1 unspecified atom stereocenters. The van der Waals surface area contributed by atoms with Crippen LogP contribution in [0.2, 0.25) is 0 Å². The lowest BCUT2D eigenvalue weighted by molar-refractivity contribution is 0.192. The Hall–Kier alpha value is -2.06. The molecule has 0 aliphatic carbocycles.